The summed E-state index contributed by atoms with van der Waals surface area (Å²) in [5.41, 5.74) is 0. The normalized spacial score (nSPS) is 10.8. The van der Waals surface area contributed by atoms with Crippen LogP contribution < -0.4 is 0 Å². The maximum absolute atomic E-state index is 3.72. The summed E-state index contributed by atoms with van der Waals surface area (Å²) in [5, 5.41) is 0. The number of rotatable bonds is 9. The van der Waals surface area contributed by atoms with Crippen LogP contribution >= 0.6 is 22.6 Å². The molecular formula is C12H21I. The van der Waals surface area contributed by atoms with E-state index in [1.54, 1.807) is 0 Å². The molecule has 0 N–H and O–H groups in total. The van der Waals surface area contributed by atoms with Crippen LogP contribution in [0.5, 0.6) is 0 Å². The van der Waals surface area contributed by atoms with Gasteiger partial charge in [-0.1, -0.05) is 60.4 Å². The van der Waals surface area contributed by atoms with Crippen LogP contribution in [0, 0.1) is 0 Å². The topological polar surface area (TPSA) is 0 Å². The van der Waals surface area contributed by atoms with Crippen LogP contribution in [0.3, 0.4) is 0 Å². The lowest BCUT2D eigenvalue weighted by Gasteiger charge is -1.98. The van der Waals surface area contributed by atoms with Crippen LogP contribution in [-0.2, 0) is 0 Å². The predicted octanol–water partition coefficient (Wildman–Crippen LogP) is 5.24. The third-order valence-corrected chi connectivity index (χ3v) is 2.63. The first-order valence-electron chi connectivity index (χ1n) is 5.28. The fourth-order valence-electron chi connectivity index (χ4n) is 1.32. The molecule has 0 spiro atoms. The van der Waals surface area contributed by atoms with E-state index in [1.165, 1.54) is 51.4 Å². The molecule has 0 bridgehead atoms. The summed E-state index contributed by atoms with van der Waals surface area (Å²) in [5.74, 6) is 0. The van der Waals surface area contributed by atoms with Crippen molar-refractivity contribution in [2.24, 2.45) is 0 Å². The molecule has 0 saturated carbocycles. The van der Waals surface area contributed by atoms with Crippen molar-refractivity contribution in [1.82, 2.24) is 0 Å². The zero-order chi connectivity index (χ0) is 9.78. The van der Waals surface area contributed by atoms with Gasteiger partial charge in [-0.3, -0.25) is 0 Å². The van der Waals surface area contributed by atoms with Crippen molar-refractivity contribution in [3.63, 3.8) is 0 Å². The van der Waals surface area contributed by atoms with E-state index in [0.29, 0.717) is 0 Å². The van der Waals surface area contributed by atoms with Gasteiger partial charge in [0, 0.05) is 0 Å². The van der Waals surface area contributed by atoms with Gasteiger partial charge in [-0.15, -0.1) is 6.58 Å². The quantitative estimate of drug-likeness (QED) is 0.309. The number of unbranched alkanes of at least 4 members (excludes halogenated alkanes) is 7. The standard InChI is InChI=1S/C12H21I/c1-2-3-4-5-6-7-8-9-10-11-12-13/h2,11-12H,1,3-10H2/b12-11-. The summed E-state index contributed by atoms with van der Waals surface area (Å²) < 4.78 is 2.11. The highest BCUT2D eigenvalue weighted by Crippen LogP contribution is 2.09. The first-order valence-corrected chi connectivity index (χ1v) is 6.52. The molecule has 0 radical (unpaired) electrons. The highest BCUT2D eigenvalue weighted by atomic mass is 127. The molecule has 0 nitrogen and oxygen atoms in total. The Morgan fingerprint density at radius 1 is 0.846 bits per heavy atom. The van der Waals surface area contributed by atoms with E-state index in [4.69, 9.17) is 0 Å². The minimum atomic E-state index is 1.19. The van der Waals surface area contributed by atoms with Crippen molar-refractivity contribution in [1.29, 1.82) is 0 Å². The van der Waals surface area contributed by atoms with Crippen LogP contribution in [0.1, 0.15) is 51.4 Å². The van der Waals surface area contributed by atoms with Crippen LogP contribution in [-0.4, -0.2) is 0 Å². The fraction of sp³-hybridized carbons (Fsp3) is 0.667. The lowest BCUT2D eigenvalue weighted by molar-refractivity contribution is 0.600. The minimum absolute atomic E-state index is 1.19. The zero-order valence-corrected chi connectivity index (χ0v) is 10.6. The minimum Gasteiger partial charge on any atom is -0.103 e. The van der Waals surface area contributed by atoms with Crippen LogP contribution in [0.25, 0.3) is 0 Å². The first-order chi connectivity index (χ1) is 6.41. The van der Waals surface area contributed by atoms with E-state index in [0.717, 1.165) is 0 Å². The van der Waals surface area contributed by atoms with E-state index in [2.05, 4.69) is 39.3 Å². The van der Waals surface area contributed by atoms with Crippen LogP contribution in [0.2, 0.25) is 0 Å². The van der Waals surface area contributed by atoms with Gasteiger partial charge in [0.05, 0.1) is 0 Å². The second-order valence-corrected chi connectivity index (χ2v) is 4.07. The molecule has 0 atom stereocenters. The average Bonchev–Trinajstić information content (AvgIpc) is 2.16. The van der Waals surface area contributed by atoms with Crippen molar-refractivity contribution in [3.05, 3.63) is 22.8 Å². The molecule has 0 unspecified atom stereocenters. The van der Waals surface area contributed by atoms with E-state index in [-0.39, 0.29) is 0 Å². The van der Waals surface area contributed by atoms with Gasteiger partial charge in [0.25, 0.3) is 0 Å². The van der Waals surface area contributed by atoms with Crippen LogP contribution in [0.4, 0.5) is 0 Å². The Labute approximate surface area is 96.6 Å². The van der Waals surface area contributed by atoms with Gasteiger partial charge in [0.15, 0.2) is 0 Å². The fourth-order valence-corrected chi connectivity index (χ4v) is 1.68. The lowest BCUT2D eigenvalue weighted by atomic mass is 10.1. The van der Waals surface area contributed by atoms with Gasteiger partial charge >= 0.3 is 0 Å². The van der Waals surface area contributed by atoms with E-state index >= 15 is 0 Å². The number of hydrogen-bond acceptors (Lipinski definition) is 0. The van der Waals surface area contributed by atoms with Gasteiger partial charge in [-0.2, -0.15) is 0 Å². The van der Waals surface area contributed by atoms with E-state index in [1.807, 2.05) is 6.08 Å². The summed E-state index contributed by atoms with van der Waals surface area (Å²) in [7, 11) is 0. The van der Waals surface area contributed by atoms with Gasteiger partial charge in [0.1, 0.15) is 0 Å². The zero-order valence-electron chi connectivity index (χ0n) is 8.47. The van der Waals surface area contributed by atoms with Crippen molar-refractivity contribution in [2.75, 3.05) is 0 Å². The molecule has 0 saturated heterocycles. The van der Waals surface area contributed by atoms with E-state index in [9.17, 15) is 0 Å². The van der Waals surface area contributed by atoms with Gasteiger partial charge in [-0.05, 0) is 29.8 Å². The monoisotopic (exact) mass is 292 g/mol. The predicted molar refractivity (Wildman–Crippen MR) is 70.3 cm³/mol. The van der Waals surface area contributed by atoms with Gasteiger partial charge < -0.3 is 0 Å². The highest BCUT2D eigenvalue weighted by molar-refractivity contribution is 14.1. The number of allylic oxidation sites excluding steroid dienone is 2. The first kappa shape index (κ1) is 13.2. The highest BCUT2D eigenvalue weighted by Gasteiger charge is 1.89. The summed E-state index contributed by atoms with van der Waals surface area (Å²) in [6.45, 7) is 3.72. The second-order valence-electron chi connectivity index (χ2n) is 3.35. The molecule has 0 aliphatic carbocycles. The molecule has 0 heterocycles. The van der Waals surface area contributed by atoms with Crippen molar-refractivity contribution >= 4 is 22.6 Å². The molecule has 0 aromatic heterocycles. The Kier molecular flexibility index (Phi) is 12.4. The smallest absolute Gasteiger partial charge is 0.0274 e. The molecule has 0 aliphatic heterocycles. The molecule has 0 rings (SSSR count). The van der Waals surface area contributed by atoms with Gasteiger partial charge in [-0.25, -0.2) is 0 Å². The van der Waals surface area contributed by atoms with E-state index < -0.39 is 0 Å². The van der Waals surface area contributed by atoms with Crippen molar-refractivity contribution < 1.29 is 0 Å². The number of halogens is 1. The Morgan fingerprint density at radius 3 is 1.92 bits per heavy atom. The molecule has 0 aromatic rings. The molecule has 76 valence electrons. The summed E-state index contributed by atoms with van der Waals surface area (Å²) in [6.07, 6.45) is 15.0. The second kappa shape index (κ2) is 12.2. The Morgan fingerprint density at radius 2 is 1.38 bits per heavy atom. The Hall–Kier alpha value is 0.210. The van der Waals surface area contributed by atoms with Crippen LogP contribution in [0.15, 0.2) is 22.8 Å². The Bertz CT molecular complexity index is 127. The summed E-state index contributed by atoms with van der Waals surface area (Å²) in [4.78, 5) is 0. The molecule has 0 aromatic carbocycles. The molecule has 0 fully saturated rings. The molecule has 1 heteroatoms. The molecule has 0 amide bonds. The third-order valence-electron chi connectivity index (χ3n) is 2.12. The lowest BCUT2D eigenvalue weighted by Crippen LogP contribution is -1.78. The van der Waals surface area contributed by atoms with Crippen molar-refractivity contribution in [3.8, 4) is 0 Å². The summed E-state index contributed by atoms with van der Waals surface area (Å²) in [6, 6.07) is 0. The largest absolute Gasteiger partial charge is 0.103 e. The number of hydrogen-bond donors (Lipinski definition) is 0. The van der Waals surface area contributed by atoms with Crippen molar-refractivity contribution in [2.45, 2.75) is 51.4 Å². The summed E-state index contributed by atoms with van der Waals surface area (Å²) >= 11 is 2.28. The molecule has 0 aliphatic rings. The third kappa shape index (κ3) is 12.2. The molecular weight excluding hydrogens is 271 g/mol. The molecule has 13 heavy (non-hydrogen) atoms. The van der Waals surface area contributed by atoms with Gasteiger partial charge in [0.2, 0.25) is 0 Å². The maximum Gasteiger partial charge on any atom is -0.0274 e. The SMILES string of the molecule is C=CCCCCCCCC/C=C\I. The maximum atomic E-state index is 3.72. The Balaban J connectivity index is 2.87. The average molecular weight is 292 g/mol.